The van der Waals surface area contributed by atoms with Crippen LogP contribution >= 0.6 is 11.3 Å². The van der Waals surface area contributed by atoms with E-state index < -0.39 is 5.54 Å². The Labute approximate surface area is 105 Å². The molecule has 90 valence electrons. The number of hydrogen-bond acceptors (Lipinski definition) is 2. The van der Waals surface area contributed by atoms with Gasteiger partial charge in [0, 0.05) is 9.75 Å². The van der Waals surface area contributed by atoms with Gasteiger partial charge in [-0.2, -0.15) is 0 Å². The van der Waals surface area contributed by atoms with Crippen LogP contribution in [0.4, 0.5) is 4.39 Å². The molecular weight excluding hydrogens is 233 g/mol. The summed E-state index contributed by atoms with van der Waals surface area (Å²) >= 11 is 1.70. The molecule has 1 aromatic carbocycles. The van der Waals surface area contributed by atoms with Crippen LogP contribution in [0, 0.1) is 12.7 Å². The second-order valence-electron chi connectivity index (χ2n) is 4.63. The molecule has 0 bridgehead atoms. The van der Waals surface area contributed by atoms with E-state index in [0.717, 1.165) is 10.4 Å². The number of hydrogen-bond donors (Lipinski definition) is 1. The Balaban J connectivity index is 2.22. The standard InChI is InChI=1S/C14H16FNS/c1-10-6-7-13(17-10)14(2,16)9-11-4-3-5-12(15)8-11/h3-8H,9,16H2,1-2H3. The normalized spacial score (nSPS) is 14.6. The number of halogens is 1. The summed E-state index contributed by atoms with van der Waals surface area (Å²) in [4.78, 5) is 2.38. The van der Waals surface area contributed by atoms with E-state index >= 15 is 0 Å². The average molecular weight is 249 g/mol. The van der Waals surface area contributed by atoms with Crippen molar-refractivity contribution in [2.45, 2.75) is 25.8 Å². The molecule has 1 unspecified atom stereocenters. The van der Waals surface area contributed by atoms with E-state index in [-0.39, 0.29) is 5.82 Å². The molecule has 0 saturated heterocycles. The lowest BCUT2D eigenvalue weighted by molar-refractivity contribution is 0.500. The van der Waals surface area contributed by atoms with Gasteiger partial charge >= 0.3 is 0 Å². The summed E-state index contributed by atoms with van der Waals surface area (Å²) in [5.41, 5.74) is 6.82. The molecule has 0 saturated carbocycles. The van der Waals surface area contributed by atoms with Crippen molar-refractivity contribution in [1.29, 1.82) is 0 Å². The average Bonchev–Trinajstić information content (AvgIpc) is 2.65. The maximum absolute atomic E-state index is 13.1. The molecule has 0 aliphatic rings. The van der Waals surface area contributed by atoms with E-state index in [0.29, 0.717) is 6.42 Å². The Morgan fingerprint density at radius 3 is 2.65 bits per heavy atom. The zero-order chi connectivity index (χ0) is 12.5. The van der Waals surface area contributed by atoms with Gasteiger partial charge in [-0.05, 0) is 50.1 Å². The minimum absolute atomic E-state index is 0.208. The summed E-state index contributed by atoms with van der Waals surface area (Å²) in [6, 6.07) is 10.8. The molecule has 2 N–H and O–H groups in total. The molecule has 0 fully saturated rings. The van der Waals surface area contributed by atoms with Gasteiger partial charge in [0.05, 0.1) is 5.54 Å². The predicted molar refractivity (Wildman–Crippen MR) is 70.7 cm³/mol. The summed E-state index contributed by atoms with van der Waals surface area (Å²) in [6.45, 7) is 4.05. The number of nitrogens with two attached hydrogens (primary N) is 1. The van der Waals surface area contributed by atoms with Gasteiger partial charge < -0.3 is 5.73 Å². The van der Waals surface area contributed by atoms with E-state index in [1.807, 2.05) is 13.0 Å². The van der Waals surface area contributed by atoms with Crippen molar-refractivity contribution >= 4 is 11.3 Å². The highest BCUT2D eigenvalue weighted by molar-refractivity contribution is 7.12. The second kappa shape index (κ2) is 4.59. The molecule has 17 heavy (non-hydrogen) atoms. The molecule has 0 aliphatic carbocycles. The number of thiophene rings is 1. The molecule has 1 nitrogen and oxygen atoms in total. The van der Waals surface area contributed by atoms with Gasteiger partial charge in [0.2, 0.25) is 0 Å². The number of aryl methyl sites for hydroxylation is 1. The third-order valence-corrected chi connectivity index (χ3v) is 4.04. The lowest BCUT2D eigenvalue weighted by Crippen LogP contribution is -2.34. The Kier molecular flexibility index (Phi) is 3.31. The summed E-state index contributed by atoms with van der Waals surface area (Å²) in [5.74, 6) is -0.208. The lowest BCUT2D eigenvalue weighted by Gasteiger charge is -2.23. The van der Waals surface area contributed by atoms with Gasteiger partial charge in [-0.15, -0.1) is 11.3 Å². The smallest absolute Gasteiger partial charge is 0.123 e. The molecule has 2 aromatic rings. The van der Waals surface area contributed by atoms with Crippen LogP contribution < -0.4 is 5.73 Å². The van der Waals surface area contributed by atoms with Crippen molar-refractivity contribution < 1.29 is 4.39 Å². The number of benzene rings is 1. The summed E-state index contributed by atoms with van der Waals surface area (Å²) in [6.07, 6.45) is 0.644. The quantitative estimate of drug-likeness (QED) is 0.883. The van der Waals surface area contributed by atoms with Gasteiger partial charge in [0.25, 0.3) is 0 Å². The van der Waals surface area contributed by atoms with Crippen LogP contribution in [0.5, 0.6) is 0 Å². The third kappa shape index (κ3) is 2.93. The summed E-state index contributed by atoms with van der Waals surface area (Å²) < 4.78 is 13.1. The second-order valence-corrected chi connectivity index (χ2v) is 5.92. The lowest BCUT2D eigenvalue weighted by atomic mass is 9.92. The molecule has 0 aliphatic heterocycles. The Morgan fingerprint density at radius 2 is 2.06 bits per heavy atom. The van der Waals surface area contributed by atoms with Gasteiger partial charge in [0.15, 0.2) is 0 Å². The van der Waals surface area contributed by atoms with Crippen LogP contribution in [-0.4, -0.2) is 0 Å². The van der Waals surface area contributed by atoms with E-state index in [1.54, 1.807) is 23.5 Å². The van der Waals surface area contributed by atoms with Crippen LogP contribution in [0.2, 0.25) is 0 Å². The first kappa shape index (κ1) is 12.3. The van der Waals surface area contributed by atoms with Crippen LogP contribution in [0.1, 0.15) is 22.2 Å². The molecule has 1 aromatic heterocycles. The van der Waals surface area contributed by atoms with Gasteiger partial charge in [-0.3, -0.25) is 0 Å². The first-order valence-electron chi connectivity index (χ1n) is 5.58. The molecule has 1 heterocycles. The largest absolute Gasteiger partial charge is 0.321 e. The van der Waals surface area contributed by atoms with Crippen molar-refractivity contribution in [3.8, 4) is 0 Å². The Hall–Kier alpha value is -1.19. The third-order valence-electron chi connectivity index (χ3n) is 2.76. The minimum Gasteiger partial charge on any atom is -0.321 e. The predicted octanol–water partition coefficient (Wildman–Crippen LogP) is 3.61. The van der Waals surface area contributed by atoms with Gasteiger partial charge in [-0.1, -0.05) is 12.1 Å². The molecule has 3 heteroatoms. The molecule has 1 atom stereocenters. The molecule has 0 spiro atoms. The fraction of sp³-hybridized carbons (Fsp3) is 0.286. The van der Waals surface area contributed by atoms with Gasteiger partial charge in [0.1, 0.15) is 5.82 Å². The van der Waals surface area contributed by atoms with E-state index in [1.165, 1.54) is 10.9 Å². The molecule has 0 radical (unpaired) electrons. The zero-order valence-electron chi connectivity index (χ0n) is 10.0. The zero-order valence-corrected chi connectivity index (χ0v) is 10.9. The molecule has 0 amide bonds. The topological polar surface area (TPSA) is 26.0 Å². The highest BCUT2D eigenvalue weighted by Gasteiger charge is 2.23. The van der Waals surface area contributed by atoms with E-state index in [4.69, 9.17) is 5.73 Å². The SMILES string of the molecule is Cc1ccc(C(C)(N)Cc2cccc(F)c2)s1. The maximum atomic E-state index is 13.1. The summed E-state index contributed by atoms with van der Waals surface area (Å²) in [7, 11) is 0. The highest BCUT2D eigenvalue weighted by Crippen LogP contribution is 2.29. The maximum Gasteiger partial charge on any atom is 0.123 e. The van der Waals surface area contributed by atoms with Gasteiger partial charge in [-0.25, -0.2) is 4.39 Å². The monoisotopic (exact) mass is 249 g/mol. The minimum atomic E-state index is -0.438. The van der Waals surface area contributed by atoms with Crippen molar-refractivity contribution in [1.82, 2.24) is 0 Å². The Bertz CT molecular complexity index is 516. The fourth-order valence-electron chi connectivity index (χ4n) is 1.90. The van der Waals surface area contributed by atoms with Crippen molar-refractivity contribution in [2.75, 3.05) is 0 Å². The van der Waals surface area contributed by atoms with Crippen molar-refractivity contribution in [3.05, 3.63) is 57.5 Å². The first-order valence-corrected chi connectivity index (χ1v) is 6.39. The van der Waals surface area contributed by atoms with Crippen LogP contribution in [0.25, 0.3) is 0 Å². The summed E-state index contributed by atoms with van der Waals surface area (Å²) in [5, 5.41) is 0. The van der Waals surface area contributed by atoms with Crippen LogP contribution in [-0.2, 0) is 12.0 Å². The number of rotatable bonds is 3. The van der Waals surface area contributed by atoms with E-state index in [2.05, 4.69) is 19.1 Å². The van der Waals surface area contributed by atoms with Crippen molar-refractivity contribution in [2.24, 2.45) is 5.73 Å². The van der Waals surface area contributed by atoms with Crippen LogP contribution in [0.3, 0.4) is 0 Å². The molecule has 2 rings (SSSR count). The highest BCUT2D eigenvalue weighted by atomic mass is 32.1. The van der Waals surface area contributed by atoms with Crippen LogP contribution in [0.15, 0.2) is 36.4 Å². The van der Waals surface area contributed by atoms with E-state index in [9.17, 15) is 4.39 Å². The van der Waals surface area contributed by atoms with Crippen molar-refractivity contribution in [3.63, 3.8) is 0 Å². The first-order chi connectivity index (χ1) is 7.97. The fourth-order valence-corrected chi connectivity index (χ4v) is 2.82. The molecular formula is C14H16FNS. The Morgan fingerprint density at radius 1 is 1.29 bits per heavy atom.